The van der Waals surface area contributed by atoms with Crippen molar-refractivity contribution < 1.29 is 23.9 Å². The van der Waals surface area contributed by atoms with E-state index in [2.05, 4.69) is 10.1 Å². The first-order valence-electron chi connectivity index (χ1n) is 6.50. The lowest BCUT2D eigenvalue weighted by Gasteiger charge is -2.12. The van der Waals surface area contributed by atoms with Gasteiger partial charge in [0.15, 0.2) is 17.5 Å². The average Bonchev–Trinajstić information content (AvgIpc) is 2.45. The Morgan fingerprint density at radius 2 is 1.76 bits per heavy atom. The molecule has 0 aromatic heterocycles. The van der Waals surface area contributed by atoms with Gasteiger partial charge in [0.1, 0.15) is 0 Å². The quantitative estimate of drug-likeness (QED) is 0.591. The van der Waals surface area contributed by atoms with E-state index in [9.17, 15) is 19.2 Å². The lowest BCUT2D eigenvalue weighted by atomic mass is 10.00. The fourth-order valence-electron chi connectivity index (χ4n) is 1.71. The van der Waals surface area contributed by atoms with Crippen molar-refractivity contribution in [3.8, 4) is 0 Å². The molecular weight excluding hydrogens is 274 g/mol. The minimum atomic E-state index is -1.49. The van der Waals surface area contributed by atoms with E-state index in [1.165, 1.54) is 0 Å². The molecule has 1 aromatic carbocycles. The Morgan fingerprint density at radius 3 is 2.29 bits per heavy atom. The highest BCUT2D eigenvalue weighted by molar-refractivity contribution is 6.17. The van der Waals surface area contributed by atoms with Gasteiger partial charge in [-0.1, -0.05) is 18.2 Å². The van der Waals surface area contributed by atoms with Gasteiger partial charge in [0.25, 0.3) is 5.91 Å². The molecule has 21 heavy (non-hydrogen) atoms. The summed E-state index contributed by atoms with van der Waals surface area (Å²) in [4.78, 5) is 46.6. The largest absolute Gasteiger partial charge is 0.465 e. The number of benzene rings is 1. The summed E-state index contributed by atoms with van der Waals surface area (Å²) in [5, 5.41) is 2.38. The minimum absolute atomic E-state index is 0.0757. The SMILES string of the molecule is CCOC(=O)C(C(C)=O)C(=O)CNC(=O)c1ccccc1. The van der Waals surface area contributed by atoms with Gasteiger partial charge in [-0.15, -0.1) is 0 Å². The van der Waals surface area contributed by atoms with Gasteiger partial charge in [0.2, 0.25) is 0 Å². The summed E-state index contributed by atoms with van der Waals surface area (Å²) in [5.74, 6) is -4.11. The fraction of sp³-hybridized carbons (Fsp3) is 0.333. The number of Topliss-reactive ketones (excluding diaryl/α,β-unsaturated/α-hetero) is 2. The number of ether oxygens (including phenoxy) is 1. The number of hydrogen-bond donors (Lipinski definition) is 1. The maximum Gasteiger partial charge on any atom is 0.324 e. The molecule has 0 saturated carbocycles. The van der Waals surface area contributed by atoms with Crippen LogP contribution in [0.2, 0.25) is 0 Å². The van der Waals surface area contributed by atoms with Crippen LogP contribution in [0, 0.1) is 5.92 Å². The zero-order valence-electron chi connectivity index (χ0n) is 11.9. The van der Waals surface area contributed by atoms with Gasteiger partial charge in [0, 0.05) is 5.56 Å². The summed E-state index contributed by atoms with van der Waals surface area (Å²) in [5.41, 5.74) is 0.390. The van der Waals surface area contributed by atoms with Crippen molar-refractivity contribution in [2.45, 2.75) is 13.8 Å². The summed E-state index contributed by atoms with van der Waals surface area (Å²) in [7, 11) is 0. The van der Waals surface area contributed by atoms with E-state index in [4.69, 9.17) is 0 Å². The van der Waals surface area contributed by atoms with Crippen LogP contribution < -0.4 is 5.32 Å². The molecule has 0 fully saturated rings. The Hall–Kier alpha value is -2.50. The van der Waals surface area contributed by atoms with Crippen LogP contribution in [0.5, 0.6) is 0 Å². The van der Waals surface area contributed by atoms with E-state index >= 15 is 0 Å². The Bertz CT molecular complexity index is 538. The second kappa shape index (κ2) is 7.94. The number of hydrogen-bond acceptors (Lipinski definition) is 5. The van der Waals surface area contributed by atoms with Crippen LogP contribution in [-0.2, 0) is 19.1 Å². The van der Waals surface area contributed by atoms with Crippen LogP contribution in [0.4, 0.5) is 0 Å². The second-order valence-corrected chi connectivity index (χ2v) is 4.31. The summed E-state index contributed by atoms with van der Waals surface area (Å²) in [6.45, 7) is 2.39. The van der Waals surface area contributed by atoms with E-state index in [1.807, 2.05) is 0 Å². The van der Waals surface area contributed by atoms with Crippen molar-refractivity contribution in [2.24, 2.45) is 5.92 Å². The molecule has 112 valence electrons. The van der Waals surface area contributed by atoms with Crippen LogP contribution in [0.1, 0.15) is 24.2 Å². The Morgan fingerprint density at radius 1 is 1.14 bits per heavy atom. The molecule has 1 N–H and O–H groups in total. The predicted molar refractivity (Wildman–Crippen MR) is 74.6 cm³/mol. The molecule has 0 aliphatic heterocycles. The highest BCUT2D eigenvalue weighted by atomic mass is 16.5. The van der Waals surface area contributed by atoms with Gasteiger partial charge in [0.05, 0.1) is 13.2 Å². The smallest absolute Gasteiger partial charge is 0.324 e. The zero-order valence-corrected chi connectivity index (χ0v) is 11.9. The molecular formula is C15H17NO5. The first-order valence-corrected chi connectivity index (χ1v) is 6.50. The minimum Gasteiger partial charge on any atom is -0.465 e. The van der Waals surface area contributed by atoms with Gasteiger partial charge in [-0.25, -0.2) is 0 Å². The van der Waals surface area contributed by atoms with Gasteiger partial charge < -0.3 is 10.1 Å². The van der Waals surface area contributed by atoms with Crippen LogP contribution >= 0.6 is 0 Å². The monoisotopic (exact) mass is 291 g/mol. The maximum atomic E-state index is 11.9. The molecule has 0 heterocycles. The second-order valence-electron chi connectivity index (χ2n) is 4.31. The van der Waals surface area contributed by atoms with Gasteiger partial charge >= 0.3 is 5.97 Å². The number of nitrogens with one attached hydrogen (secondary N) is 1. The van der Waals surface area contributed by atoms with Gasteiger partial charge in [-0.3, -0.25) is 19.2 Å². The number of ketones is 2. The number of amides is 1. The molecule has 0 aliphatic rings. The topological polar surface area (TPSA) is 89.5 Å². The Kier molecular flexibility index (Phi) is 6.26. The number of carbonyl (C=O) groups excluding carboxylic acids is 4. The summed E-state index contributed by atoms with van der Waals surface area (Å²) < 4.78 is 4.68. The van der Waals surface area contributed by atoms with Gasteiger partial charge in [-0.2, -0.15) is 0 Å². The molecule has 0 saturated heterocycles. The van der Waals surface area contributed by atoms with Crippen molar-refractivity contribution in [2.75, 3.05) is 13.2 Å². The van der Waals surface area contributed by atoms with Gasteiger partial charge in [-0.05, 0) is 26.0 Å². The highest BCUT2D eigenvalue weighted by Crippen LogP contribution is 2.04. The van der Waals surface area contributed by atoms with Crippen LogP contribution in [0.25, 0.3) is 0 Å². The lowest BCUT2D eigenvalue weighted by Crippen LogP contribution is -2.39. The summed E-state index contributed by atoms with van der Waals surface area (Å²) >= 11 is 0. The molecule has 6 heteroatoms. The van der Waals surface area contributed by atoms with E-state index in [-0.39, 0.29) is 6.61 Å². The van der Waals surface area contributed by atoms with E-state index in [0.29, 0.717) is 5.56 Å². The first-order chi connectivity index (χ1) is 9.97. The Labute approximate surface area is 122 Å². The molecule has 1 unspecified atom stereocenters. The third-order valence-corrected chi connectivity index (χ3v) is 2.71. The molecule has 1 amide bonds. The molecule has 0 radical (unpaired) electrons. The molecule has 0 aliphatic carbocycles. The third kappa shape index (κ3) is 4.83. The van der Waals surface area contributed by atoms with E-state index < -0.39 is 35.9 Å². The molecule has 0 spiro atoms. The number of carbonyl (C=O) groups is 4. The summed E-state index contributed by atoms with van der Waals surface area (Å²) in [6.07, 6.45) is 0. The molecule has 0 bridgehead atoms. The van der Waals surface area contributed by atoms with Crippen LogP contribution in [0.15, 0.2) is 30.3 Å². The molecule has 1 aromatic rings. The normalized spacial score (nSPS) is 11.3. The summed E-state index contributed by atoms with van der Waals surface area (Å²) in [6, 6.07) is 8.32. The number of esters is 1. The van der Waals surface area contributed by atoms with E-state index in [1.54, 1.807) is 37.3 Å². The average molecular weight is 291 g/mol. The van der Waals surface area contributed by atoms with Crippen molar-refractivity contribution in [3.63, 3.8) is 0 Å². The first kappa shape index (κ1) is 16.6. The molecule has 6 nitrogen and oxygen atoms in total. The molecule has 1 rings (SSSR count). The standard InChI is InChI=1S/C15H17NO5/c1-3-21-15(20)13(10(2)17)12(18)9-16-14(19)11-7-5-4-6-8-11/h4-8,13H,3,9H2,1-2H3,(H,16,19). The third-order valence-electron chi connectivity index (χ3n) is 2.71. The van der Waals surface area contributed by atoms with Crippen molar-refractivity contribution in [1.29, 1.82) is 0 Å². The maximum absolute atomic E-state index is 11.9. The zero-order chi connectivity index (χ0) is 15.8. The fourth-order valence-corrected chi connectivity index (χ4v) is 1.71. The Balaban J connectivity index is 2.64. The van der Waals surface area contributed by atoms with Crippen molar-refractivity contribution >= 4 is 23.4 Å². The molecule has 1 atom stereocenters. The lowest BCUT2D eigenvalue weighted by molar-refractivity contribution is -0.154. The predicted octanol–water partition coefficient (Wildman–Crippen LogP) is 0.754. The number of rotatable bonds is 7. The van der Waals surface area contributed by atoms with Crippen molar-refractivity contribution in [3.05, 3.63) is 35.9 Å². The van der Waals surface area contributed by atoms with Crippen LogP contribution in [0.3, 0.4) is 0 Å². The van der Waals surface area contributed by atoms with Crippen molar-refractivity contribution in [1.82, 2.24) is 5.32 Å². The highest BCUT2D eigenvalue weighted by Gasteiger charge is 2.32. The van der Waals surface area contributed by atoms with Crippen LogP contribution in [-0.4, -0.2) is 36.6 Å². The van der Waals surface area contributed by atoms with E-state index in [0.717, 1.165) is 6.92 Å².